The Morgan fingerprint density at radius 2 is 2.11 bits per heavy atom. The molecule has 0 amide bonds. The smallest absolute Gasteiger partial charge is 0.260 e. The van der Waals surface area contributed by atoms with Crippen LogP contribution in [0, 0.1) is 5.82 Å². The van der Waals surface area contributed by atoms with Gasteiger partial charge in [0.15, 0.2) is 17.5 Å². The monoisotopic (exact) mass is 446 g/mol. The average molecular weight is 447 g/mol. The van der Waals surface area contributed by atoms with Gasteiger partial charge in [-0.05, 0) is 30.3 Å². The molecule has 0 saturated carbocycles. The van der Waals surface area contributed by atoms with Crippen LogP contribution in [0.1, 0.15) is 16.9 Å². The molecule has 0 fully saturated rings. The quantitative estimate of drug-likeness (QED) is 0.479. The molecule has 4 rings (SSSR count). The third-order valence-corrected chi connectivity index (χ3v) is 4.87. The molecule has 0 N–H and O–H groups in total. The van der Waals surface area contributed by atoms with Crippen molar-refractivity contribution in [2.75, 3.05) is 0 Å². The molecule has 0 spiro atoms. The first-order valence-corrected chi connectivity index (χ1v) is 9.12. The van der Waals surface area contributed by atoms with Crippen LogP contribution in [0.4, 0.5) is 4.39 Å². The van der Waals surface area contributed by atoms with Gasteiger partial charge in [-0.2, -0.15) is 17.6 Å². The summed E-state index contributed by atoms with van der Waals surface area (Å²) in [5.74, 6) is 1.04. The molecule has 0 bridgehead atoms. The number of aromatic nitrogens is 6. The van der Waals surface area contributed by atoms with Crippen LogP contribution in [-0.4, -0.2) is 29.9 Å². The molecule has 0 aliphatic heterocycles. The zero-order chi connectivity index (χ0) is 19.0. The van der Waals surface area contributed by atoms with Gasteiger partial charge in [-0.15, -0.1) is 10.2 Å². The van der Waals surface area contributed by atoms with E-state index in [1.807, 2.05) is 19.2 Å². The molecule has 0 saturated heterocycles. The lowest BCUT2D eigenvalue weighted by Crippen LogP contribution is -2.05. The first-order chi connectivity index (χ1) is 13.0. The van der Waals surface area contributed by atoms with Gasteiger partial charge in [-0.25, -0.2) is 4.39 Å². The fraction of sp³-hybridized carbons (Fsp3) is 0.118. The number of thiol groups is 1. The van der Waals surface area contributed by atoms with E-state index < -0.39 is 11.1 Å². The first-order valence-electron chi connectivity index (χ1n) is 7.81. The van der Waals surface area contributed by atoms with E-state index in [1.54, 1.807) is 29.1 Å². The van der Waals surface area contributed by atoms with E-state index in [-0.39, 0.29) is 17.3 Å². The van der Waals surface area contributed by atoms with Gasteiger partial charge in [0, 0.05) is 29.5 Å². The number of rotatable bonds is 4. The van der Waals surface area contributed by atoms with Crippen molar-refractivity contribution in [3.05, 3.63) is 64.7 Å². The Morgan fingerprint density at radius 1 is 1.26 bits per heavy atom. The lowest BCUT2D eigenvalue weighted by Gasteiger charge is -2.06. The molecule has 0 aliphatic rings. The van der Waals surface area contributed by atoms with Gasteiger partial charge in [0.05, 0.1) is 5.56 Å². The third kappa shape index (κ3) is 3.37. The van der Waals surface area contributed by atoms with Gasteiger partial charge < -0.3 is 9.09 Å². The molecule has 10 heteroatoms. The summed E-state index contributed by atoms with van der Waals surface area (Å²) in [4.78, 5) is 8.36. The summed E-state index contributed by atoms with van der Waals surface area (Å²) in [6, 6.07) is 8.20. The molecule has 1 unspecified atom stereocenters. The SMILES string of the molecule is Cn1c(-c2cccnc2)nnc1C(S)c1noc(-c2cc(Br)ccc2F)n1. The van der Waals surface area contributed by atoms with E-state index in [2.05, 4.69) is 53.9 Å². The Balaban J connectivity index is 1.67. The Hall–Kier alpha value is -2.59. The summed E-state index contributed by atoms with van der Waals surface area (Å²) in [6.07, 6.45) is 3.38. The highest BCUT2D eigenvalue weighted by Gasteiger charge is 2.24. The lowest BCUT2D eigenvalue weighted by atomic mass is 10.2. The van der Waals surface area contributed by atoms with Crippen LogP contribution in [0.15, 0.2) is 51.7 Å². The van der Waals surface area contributed by atoms with Crippen LogP contribution < -0.4 is 0 Å². The van der Waals surface area contributed by atoms with Crippen LogP contribution in [0.3, 0.4) is 0 Å². The van der Waals surface area contributed by atoms with E-state index in [4.69, 9.17) is 4.52 Å². The summed E-state index contributed by atoms with van der Waals surface area (Å²) < 4.78 is 21.8. The second-order valence-corrected chi connectivity index (χ2v) is 7.10. The van der Waals surface area contributed by atoms with Crippen molar-refractivity contribution >= 4 is 28.6 Å². The minimum atomic E-state index is -0.597. The lowest BCUT2D eigenvalue weighted by molar-refractivity contribution is 0.420. The van der Waals surface area contributed by atoms with Crippen LogP contribution in [0.2, 0.25) is 0 Å². The highest BCUT2D eigenvalue weighted by Crippen LogP contribution is 2.30. The maximum atomic E-state index is 14.0. The van der Waals surface area contributed by atoms with E-state index in [9.17, 15) is 4.39 Å². The van der Waals surface area contributed by atoms with Crippen molar-refractivity contribution in [2.24, 2.45) is 7.05 Å². The maximum absolute atomic E-state index is 14.0. The Morgan fingerprint density at radius 3 is 2.89 bits per heavy atom. The summed E-state index contributed by atoms with van der Waals surface area (Å²) in [6.45, 7) is 0. The fourth-order valence-corrected chi connectivity index (χ4v) is 3.25. The zero-order valence-corrected chi connectivity index (χ0v) is 16.4. The number of hydrogen-bond donors (Lipinski definition) is 1. The largest absolute Gasteiger partial charge is 0.334 e. The third-order valence-electron chi connectivity index (χ3n) is 3.92. The highest BCUT2D eigenvalue weighted by molar-refractivity contribution is 9.10. The van der Waals surface area contributed by atoms with Gasteiger partial charge >= 0.3 is 0 Å². The molecule has 1 atom stereocenters. The molecule has 0 aliphatic carbocycles. The standard InChI is InChI=1S/C17H12BrFN6OS/c1-25-15(9-3-2-6-20-8-9)22-23-16(25)13(27)14-21-17(26-24-14)11-7-10(18)4-5-12(11)19/h2-8,13,27H,1H3. The van der Waals surface area contributed by atoms with E-state index in [0.717, 1.165) is 5.56 Å². The molecule has 136 valence electrons. The predicted octanol–water partition coefficient (Wildman–Crippen LogP) is 3.85. The van der Waals surface area contributed by atoms with Gasteiger partial charge in [0.25, 0.3) is 5.89 Å². The van der Waals surface area contributed by atoms with E-state index in [1.165, 1.54) is 6.07 Å². The summed E-state index contributed by atoms with van der Waals surface area (Å²) in [5.41, 5.74) is 1.03. The Kier molecular flexibility index (Phi) is 4.75. The topological polar surface area (TPSA) is 82.5 Å². The van der Waals surface area contributed by atoms with Crippen molar-refractivity contribution in [2.45, 2.75) is 5.25 Å². The number of halogens is 2. The molecule has 3 heterocycles. The fourth-order valence-electron chi connectivity index (χ4n) is 2.56. The molecule has 3 aromatic heterocycles. The Labute approximate surface area is 167 Å². The molecular formula is C17H12BrFN6OS. The van der Waals surface area contributed by atoms with Crippen LogP contribution in [0.25, 0.3) is 22.8 Å². The molecule has 1 aromatic carbocycles. The number of nitrogens with zero attached hydrogens (tertiary/aromatic N) is 6. The van der Waals surface area contributed by atoms with E-state index in [0.29, 0.717) is 16.1 Å². The second-order valence-electron chi connectivity index (χ2n) is 5.67. The summed E-state index contributed by atoms with van der Waals surface area (Å²) >= 11 is 7.85. The summed E-state index contributed by atoms with van der Waals surface area (Å²) in [7, 11) is 1.82. The number of pyridine rings is 1. The van der Waals surface area contributed by atoms with Crippen molar-refractivity contribution in [1.82, 2.24) is 29.9 Å². The normalized spacial score (nSPS) is 12.3. The van der Waals surface area contributed by atoms with Crippen molar-refractivity contribution in [3.63, 3.8) is 0 Å². The Bertz CT molecular complexity index is 1100. The second kappa shape index (κ2) is 7.20. The predicted molar refractivity (Wildman–Crippen MR) is 102 cm³/mol. The van der Waals surface area contributed by atoms with Crippen molar-refractivity contribution < 1.29 is 8.91 Å². The number of hydrogen-bond acceptors (Lipinski definition) is 7. The van der Waals surface area contributed by atoms with E-state index >= 15 is 0 Å². The van der Waals surface area contributed by atoms with Crippen molar-refractivity contribution in [1.29, 1.82) is 0 Å². The average Bonchev–Trinajstić information content (AvgIpc) is 3.31. The molecular weight excluding hydrogens is 435 g/mol. The van der Waals surface area contributed by atoms with Crippen LogP contribution in [0.5, 0.6) is 0 Å². The van der Waals surface area contributed by atoms with Crippen molar-refractivity contribution in [3.8, 4) is 22.8 Å². The molecule has 4 aromatic rings. The van der Waals surface area contributed by atoms with Crippen LogP contribution in [-0.2, 0) is 7.05 Å². The van der Waals surface area contributed by atoms with Gasteiger partial charge in [0.1, 0.15) is 11.1 Å². The van der Waals surface area contributed by atoms with Gasteiger partial charge in [0.2, 0.25) is 0 Å². The molecule has 7 nitrogen and oxygen atoms in total. The molecule has 0 radical (unpaired) electrons. The number of benzene rings is 1. The zero-order valence-electron chi connectivity index (χ0n) is 13.9. The maximum Gasteiger partial charge on any atom is 0.260 e. The minimum absolute atomic E-state index is 0.0671. The highest BCUT2D eigenvalue weighted by atomic mass is 79.9. The minimum Gasteiger partial charge on any atom is -0.334 e. The van der Waals surface area contributed by atoms with Gasteiger partial charge in [-0.1, -0.05) is 21.1 Å². The van der Waals surface area contributed by atoms with Gasteiger partial charge in [-0.3, -0.25) is 4.98 Å². The first kappa shape index (κ1) is 17.8. The molecule has 27 heavy (non-hydrogen) atoms. The summed E-state index contributed by atoms with van der Waals surface area (Å²) in [5, 5.41) is 11.7. The van der Waals surface area contributed by atoms with Crippen LogP contribution >= 0.6 is 28.6 Å².